The number of hydrogen-bond acceptors (Lipinski definition) is 4. The highest BCUT2D eigenvalue weighted by Gasteiger charge is 2.31. The van der Waals surface area contributed by atoms with Gasteiger partial charge >= 0.3 is 0 Å². The second kappa shape index (κ2) is 5.24. The van der Waals surface area contributed by atoms with Crippen LogP contribution < -0.4 is 4.90 Å². The van der Waals surface area contributed by atoms with Crippen molar-refractivity contribution in [2.45, 2.75) is 19.3 Å². The van der Waals surface area contributed by atoms with Crippen molar-refractivity contribution < 1.29 is 4.79 Å². The van der Waals surface area contributed by atoms with Crippen LogP contribution in [0.25, 0.3) is 22.4 Å². The lowest BCUT2D eigenvalue weighted by Gasteiger charge is -2.25. The van der Waals surface area contributed by atoms with E-state index < -0.39 is 0 Å². The van der Waals surface area contributed by atoms with E-state index in [4.69, 9.17) is 0 Å². The average Bonchev–Trinajstić information content (AvgIpc) is 3.29. The number of nitrogens with zero attached hydrogens (tertiary/aromatic N) is 3. The molecule has 0 saturated carbocycles. The Kier molecular flexibility index (Phi) is 3.03. The number of rotatable bonds is 2. The minimum atomic E-state index is 0.265. The Balaban J connectivity index is 1.62. The summed E-state index contributed by atoms with van der Waals surface area (Å²) in [5.41, 5.74) is 9.88. The first-order chi connectivity index (χ1) is 11.8. The molecular weight excluding hydrogens is 318 g/mol. The summed E-state index contributed by atoms with van der Waals surface area (Å²) in [6, 6.07) is 6.60. The molecule has 5 rings (SSSR count). The molecule has 2 aliphatic heterocycles. The number of amides is 1. The fraction of sp³-hybridized carbons (Fsp3) is 0.211. The predicted octanol–water partition coefficient (Wildman–Crippen LogP) is 3.71. The van der Waals surface area contributed by atoms with E-state index in [0.717, 1.165) is 36.2 Å². The van der Waals surface area contributed by atoms with Crippen LogP contribution in [0.15, 0.2) is 41.5 Å². The standard InChI is InChI=1S/C19H15N3OS/c23-18-2-1-12-5-14(6-13-3-4-22(18)19(12)13)15-7-16(9-20-8-15)17-10-24-11-21-17/h5-11H,1-4H2. The highest BCUT2D eigenvalue weighted by atomic mass is 32.1. The third-order valence-corrected chi connectivity index (χ3v) is 5.44. The van der Waals surface area contributed by atoms with Gasteiger partial charge in [-0.15, -0.1) is 11.3 Å². The van der Waals surface area contributed by atoms with Gasteiger partial charge in [0.2, 0.25) is 5.91 Å². The topological polar surface area (TPSA) is 46.1 Å². The van der Waals surface area contributed by atoms with Crippen LogP contribution >= 0.6 is 11.3 Å². The van der Waals surface area contributed by atoms with Crippen molar-refractivity contribution in [3.05, 3.63) is 52.6 Å². The average molecular weight is 333 g/mol. The van der Waals surface area contributed by atoms with Gasteiger partial charge < -0.3 is 4.90 Å². The molecule has 0 N–H and O–H groups in total. The van der Waals surface area contributed by atoms with Crippen LogP contribution in [0.4, 0.5) is 5.69 Å². The third kappa shape index (κ3) is 2.08. The van der Waals surface area contributed by atoms with E-state index in [1.807, 2.05) is 28.2 Å². The molecule has 3 aromatic rings. The van der Waals surface area contributed by atoms with E-state index >= 15 is 0 Å². The van der Waals surface area contributed by atoms with Crippen molar-refractivity contribution >= 4 is 22.9 Å². The highest BCUT2D eigenvalue weighted by molar-refractivity contribution is 7.07. The molecule has 4 nitrogen and oxygen atoms in total. The van der Waals surface area contributed by atoms with E-state index in [9.17, 15) is 4.79 Å². The molecule has 5 heteroatoms. The van der Waals surface area contributed by atoms with Gasteiger partial charge in [-0.2, -0.15) is 0 Å². The molecule has 0 atom stereocenters. The monoisotopic (exact) mass is 333 g/mol. The number of pyridine rings is 1. The van der Waals surface area contributed by atoms with Gasteiger partial charge in [0.1, 0.15) is 0 Å². The van der Waals surface area contributed by atoms with Crippen LogP contribution in [0.3, 0.4) is 0 Å². The number of hydrogen-bond donors (Lipinski definition) is 0. The normalized spacial score (nSPS) is 15.7. The Labute approximate surface area is 143 Å². The number of carbonyl (C=O) groups is 1. The van der Waals surface area contributed by atoms with Gasteiger partial charge in [0.15, 0.2) is 0 Å². The number of benzene rings is 1. The van der Waals surface area contributed by atoms with Crippen LogP contribution in [0.2, 0.25) is 0 Å². The Morgan fingerprint density at radius 3 is 2.62 bits per heavy atom. The lowest BCUT2D eigenvalue weighted by atomic mass is 9.94. The van der Waals surface area contributed by atoms with Crippen molar-refractivity contribution in [2.24, 2.45) is 0 Å². The molecule has 0 spiro atoms. The van der Waals surface area contributed by atoms with Crippen molar-refractivity contribution in [1.29, 1.82) is 0 Å². The first kappa shape index (κ1) is 13.9. The van der Waals surface area contributed by atoms with Gasteiger partial charge in [-0.05, 0) is 47.7 Å². The molecule has 0 radical (unpaired) electrons. The summed E-state index contributed by atoms with van der Waals surface area (Å²) in [7, 11) is 0. The van der Waals surface area contributed by atoms with E-state index in [1.54, 1.807) is 11.3 Å². The smallest absolute Gasteiger partial charge is 0.227 e. The van der Waals surface area contributed by atoms with E-state index in [2.05, 4.69) is 28.2 Å². The van der Waals surface area contributed by atoms with Crippen molar-refractivity contribution in [2.75, 3.05) is 11.4 Å². The van der Waals surface area contributed by atoms with E-state index in [0.29, 0.717) is 6.42 Å². The summed E-state index contributed by atoms with van der Waals surface area (Å²) in [4.78, 5) is 22.8. The molecule has 4 heterocycles. The largest absolute Gasteiger partial charge is 0.312 e. The molecule has 0 unspecified atom stereocenters. The van der Waals surface area contributed by atoms with Gasteiger partial charge in [-0.25, -0.2) is 4.98 Å². The van der Waals surface area contributed by atoms with Gasteiger partial charge in [-0.3, -0.25) is 9.78 Å². The van der Waals surface area contributed by atoms with Crippen molar-refractivity contribution in [1.82, 2.24) is 9.97 Å². The fourth-order valence-electron chi connectivity index (χ4n) is 3.72. The zero-order valence-electron chi connectivity index (χ0n) is 13.0. The van der Waals surface area contributed by atoms with E-state index in [-0.39, 0.29) is 5.91 Å². The molecule has 0 fully saturated rings. The maximum atomic E-state index is 12.1. The minimum Gasteiger partial charge on any atom is -0.312 e. The lowest BCUT2D eigenvalue weighted by molar-refractivity contribution is -0.118. The zero-order chi connectivity index (χ0) is 16.1. The zero-order valence-corrected chi connectivity index (χ0v) is 13.8. The van der Waals surface area contributed by atoms with E-state index in [1.165, 1.54) is 22.4 Å². The van der Waals surface area contributed by atoms with Gasteiger partial charge in [0.05, 0.1) is 16.9 Å². The second-order valence-electron chi connectivity index (χ2n) is 6.27. The fourth-order valence-corrected chi connectivity index (χ4v) is 4.28. The quantitative estimate of drug-likeness (QED) is 0.718. The van der Waals surface area contributed by atoms with Crippen LogP contribution in [0, 0.1) is 0 Å². The Morgan fingerprint density at radius 1 is 0.958 bits per heavy atom. The summed E-state index contributed by atoms with van der Waals surface area (Å²) >= 11 is 1.59. The summed E-state index contributed by atoms with van der Waals surface area (Å²) in [5.74, 6) is 0.265. The van der Waals surface area contributed by atoms with Gasteiger partial charge in [-0.1, -0.05) is 0 Å². The summed E-state index contributed by atoms with van der Waals surface area (Å²) in [5, 5.41) is 2.04. The maximum Gasteiger partial charge on any atom is 0.227 e. The number of carbonyl (C=O) groups excluding carboxylic acids is 1. The predicted molar refractivity (Wildman–Crippen MR) is 95.2 cm³/mol. The summed E-state index contributed by atoms with van der Waals surface area (Å²) < 4.78 is 0. The number of thiazole rings is 1. The number of aryl methyl sites for hydroxylation is 1. The molecule has 0 bridgehead atoms. The first-order valence-electron chi connectivity index (χ1n) is 8.10. The molecule has 0 aliphatic carbocycles. The Morgan fingerprint density at radius 2 is 1.79 bits per heavy atom. The molecule has 1 amide bonds. The third-order valence-electron chi connectivity index (χ3n) is 4.85. The minimum absolute atomic E-state index is 0.265. The van der Waals surface area contributed by atoms with Crippen LogP contribution in [-0.4, -0.2) is 22.4 Å². The SMILES string of the molecule is O=C1CCc2cc(-c3cncc(-c4cscn4)c3)cc3c2N1CC3. The van der Waals surface area contributed by atoms with Crippen LogP contribution in [0.5, 0.6) is 0 Å². The maximum absolute atomic E-state index is 12.1. The molecular formula is C19H15N3OS. The molecule has 2 aliphatic rings. The van der Waals surface area contributed by atoms with Crippen molar-refractivity contribution in [3.8, 4) is 22.4 Å². The van der Waals surface area contributed by atoms with Gasteiger partial charge in [0.25, 0.3) is 0 Å². The Hall–Kier alpha value is -2.53. The lowest BCUT2D eigenvalue weighted by Crippen LogP contribution is -2.32. The molecule has 24 heavy (non-hydrogen) atoms. The Bertz CT molecular complexity index is 949. The summed E-state index contributed by atoms with van der Waals surface area (Å²) in [6.45, 7) is 0.821. The van der Waals surface area contributed by atoms with Crippen LogP contribution in [0.1, 0.15) is 17.5 Å². The molecule has 2 aromatic heterocycles. The summed E-state index contributed by atoms with van der Waals surface area (Å²) in [6.07, 6.45) is 6.17. The molecule has 1 aromatic carbocycles. The second-order valence-corrected chi connectivity index (χ2v) is 6.99. The molecule has 118 valence electrons. The number of aromatic nitrogens is 2. The first-order valence-corrected chi connectivity index (χ1v) is 9.04. The van der Waals surface area contributed by atoms with Gasteiger partial charge in [0, 0.05) is 41.9 Å². The van der Waals surface area contributed by atoms with Crippen LogP contribution in [-0.2, 0) is 17.6 Å². The molecule has 0 saturated heterocycles. The van der Waals surface area contributed by atoms with Crippen molar-refractivity contribution in [3.63, 3.8) is 0 Å². The number of anilines is 1. The highest BCUT2D eigenvalue weighted by Crippen LogP contribution is 2.40.